The number of aromatic nitrogens is 4. The highest BCUT2D eigenvalue weighted by Gasteiger charge is 2.54. The molecule has 18 heteroatoms. The average Bonchev–Trinajstić information content (AvgIpc) is 3.44. The molecule has 1 fully saturated rings. The number of anilines is 1. The number of azide groups is 1. The van der Waals surface area contributed by atoms with E-state index in [0.29, 0.717) is 12.0 Å². The third-order valence-corrected chi connectivity index (χ3v) is 8.50. The molecule has 3 aromatic rings. The van der Waals surface area contributed by atoms with E-state index in [1.807, 2.05) is 0 Å². The molecule has 2 aromatic heterocycles. The number of nitrogens with zero attached hydrogens (tertiary/aromatic N) is 7. The lowest BCUT2D eigenvalue weighted by atomic mass is 9.96. The number of carbonyl (C=O) groups excluding carboxylic acids is 2. The molecule has 1 aliphatic heterocycles. The second-order valence-corrected chi connectivity index (χ2v) is 12.0. The topological polar surface area (TPSA) is 250 Å². The molecule has 1 aromatic carbocycles. The number of imidazole rings is 1. The van der Waals surface area contributed by atoms with Crippen molar-refractivity contribution in [2.24, 2.45) is 5.11 Å². The van der Waals surface area contributed by atoms with Crippen molar-refractivity contribution in [3.63, 3.8) is 0 Å². The number of hydrogen-bond acceptors (Lipinski definition) is 13. The quantitative estimate of drug-likeness (QED) is 0.0933. The van der Waals surface area contributed by atoms with E-state index in [9.17, 15) is 24.4 Å². The van der Waals surface area contributed by atoms with Gasteiger partial charge in [0, 0.05) is 11.3 Å². The van der Waals surface area contributed by atoms with Gasteiger partial charge < -0.3 is 30.0 Å². The molecular weight excluding hydrogens is 585 g/mol. The van der Waals surface area contributed by atoms with Crippen molar-refractivity contribution in [1.29, 1.82) is 0 Å². The Hall–Kier alpha value is -3.95. The Morgan fingerprint density at radius 2 is 2.07 bits per heavy atom. The van der Waals surface area contributed by atoms with E-state index in [4.69, 9.17) is 25.0 Å². The van der Waals surface area contributed by atoms with Gasteiger partial charge in [0.25, 0.3) is 0 Å². The van der Waals surface area contributed by atoms with Crippen LogP contribution in [-0.4, -0.2) is 71.8 Å². The van der Waals surface area contributed by atoms with Gasteiger partial charge in [0.2, 0.25) is 5.95 Å². The third kappa shape index (κ3) is 7.00. The predicted molar refractivity (Wildman–Crippen MR) is 152 cm³/mol. The van der Waals surface area contributed by atoms with Crippen molar-refractivity contribution >= 4 is 42.2 Å². The summed E-state index contributed by atoms with van der Waals surface area (Å²) in [6.07, 6.45) is -2.35. The number of nitrogens with two attached hydrogens (primary N) is 1. The van der Waals surface area contributed by atoms with Gasteiger partial charge >= 0.3 is 7.75 Å². The maximum Gasteiger partial charge on any atom is 0.459 e. The Morgan fingerprint density at radius 1 is 1.35 bits per heavy atom. The fourth-order valence-electron chi connectivity index (χ4n) is 4.41. The van der Waals surface area contributed by atoms with Crippen LogP contribution < -0.4 is 15.3 Å². The highest BCUT2D eigenvalue weighted by Crippen LogP contribution is 2.48. The van der Waals surface area contributed by atoms with E-state index in [1.165, 1.54) is 38.6 Å². The van der Waals surface area contributed by atoms with Crippen LogP contribution in [0.15, 0.2) is 35.7 Å². The number of aryl methyl sites for hydroxylation is 1. The van der Waals surface area contributed by atoms with Gasteiger partial charge in [-0.15, -0.1) is 0 Å². The summed E-state index contributed by atoms with van der Waals surface area (Å²) in [6, 6.07) is 5.71. The van der Waals surface area contributed by atoms with Crippen LogP contribution in [0.5, 0.6) is 5.75 Å². The van der Waals surface area contributed by atoms with Crippen LogP contribution >= 0.6 is 7.75 Å². The predicted octanol–water partition coefficient (Wildman–Crippen LogP) is 2.65. The maximum absolute atomic E-state index is 14.0. The zero-order valence-corrected chi connectivity index (χ0v) is 24.7. The number of carbonyl (C=O) groups is 2. The number of nitrogen functional groups attached to an aromatic ring is 1. The molecule has 43 heavy (non-hydrogen) atoms. The molecule has 6 atom stereocenters. The first-order valence-corrected chi connectivity index (χ1v) is 14.7. The van der Waals surface area contributed by atoms with Gasteiger partial charge in [-0.1, -0.05) is 18.2 Å². The molecule has 4 rings (SSSR count). The van der Waals surface area contributed by atoms with Crippen LogP contribution in [-0.2, 0) is 29.8 Å². The highest BCUT2D eigenvalue weighted by molar-refractivity contribution is 7.52. The zero-order chi connectivity index (χ0) is 31.5. The van der Waals surface area contributed by atoms with Gasteiger partial charge in [-0.25, -0.2) is 19.6 Å². The van der Waals surface area contributed by atoms with E-state index < -0.39 is 44.4 Å². The van der Waals surface area contributed by atoms with E-state index in [0.717, 1.165) is 0 Å². The number of hydrogen-bond donors (Lipinski definition) is 4. The number of rotatable bonds is 13. The number of nitrogens with one attached hydrogen (secondary N) is 1. The second-order valence-electron chi connectivity index (χ2n) is 10.3. The molecule has 2 unspecified atom stereocenters. The molecule has 0 radical (unpaired) electrons. The molecule has 230 valence electrons. The van der Waals surface area contributed by atoms with E-state index in [-0.39, 0.29) is 46.7 Å². The van der Waals surface area contributed by atoms with Crippen LogP contribution in [0.3, 0.4) is 0 Å². The number of aliphatic hydroxyl groups is 2. The van der Waals surface area contributed by atoms with Crippen molar-refractivity contribution in [1.82, 2.24) is 24.6 Å². The zero-order valence-electron chi connectivity index (χ0n) is 23.8. The van der Waals surface area contributed by atoms with Gasteiger partial charge in [0.1, 0.15) is 40.6 Å². The molecule has 3 heterocycles. The first-order chi connectivity index (χ1) is 20.3. The monoisotopic (exact) mass is 617 g/mol. The van der Waals surface area contributed by atoms with E-state index in [1.54, 1.807) is 24.3 Å². The van der Waals surface area contributed by atoms with Gasteiger partial charge in [-0.2, -0.15) is 4.98 Å². The van der Waals surface area contributed by atoms with E-state index >= 15 is 0 Å². The molecule has 0 amide bonds. The molecule has 17 nitrogen and oxygen atoms in total. The first kappa shape index (κ1) is 32.0. The minimum absolute atomic E-state index is 0.0413. The summed E-state index contributed by atoms with van der Waals surface area (Å²) in [7, 11) is -4.32. The van der Waals surface area contributed by atoms with Crippen LogP contribution in [0.2, 0.25) is 0 Å². The van der Waals surface area contributed by atoms with Crippen molar-refractivity contribution in [2.75, 3.05) is 12.3 Å². The second kappa shape index (κ2) is 12.7. The molecule has 1 saturated heterocycles. The summed E-state index contributed by atoms with van der Waals surface area (Å²) in [6.45, 7) is 4.99. The van der Waals surface area contributed by atoms with Gasteiger partial charge in [-0.05, 0) is 56.4 Å². The van der Waals surface area contributed by atoms with E-state index in [2.05, 4.69) is 30.1 Å². The average molecular weight is 618 g/mol. The summed E-state index contributed by atoms with van der Waals surface area (Å²) in [5.74, 6) is -0.589. The number of ether oxygens (including phenoxy) is 1. The third-order valence-electron chi connectivity index (χ3n) is 6.87. The largest absolute Gasteiger partial charge is 0.459 e. The summed E-state index contributed by atoms with van der Waals surface area (Å²) >= 11 is 0. The van der Waals surface area contributed by atoms with Gasteiger partial charge in [-0.3, -0.25) is 13.9 Å². The Labute approximate surface area is 245 Å². The summed E-state index contributed by atoms with van der Waals surface area (Å²) < 4.78 is 32.7. The van der Waals surface area contributed by atoms with Crippen LogP contribution in [0.4, 0.5) is 11.8 Å². The maximum atomic E-state index is 14.0. The lowest BCUT2D eigenvalue weighted by Gasteiger charge is -2.27. The Balaban J connectivity index is 1.60. The number of ketones is 2. The van der Waals surface area contributed by atoms with Crippen LogP contribution in [0.25, 0.3) is 21.6 Å². The summed E-state index contributed by atoms with van der Waals surface area (Å²) in [4.78, 5) is 38.4. The van der Waals surface area contributed by atoms with Crippen molar-refractivity contribution < 1.29 is 38.2 Å². The molecule has 0 saturated carbocycles. The van der Waals surface area contributed by atoms with Crippen LogP contribution in [0, 0.1) is 0 Å². The molecule has 5 N–H and O–H groups in total. The number of aliphatic hydroxyl groups excluding tert-OH is 1. The van der Waals surface area contributed by atoms with Gasteiger partial charge in [0.15, 0.2) is 17.7 Å². The lowest BCUT2D eigenvalue weighted by Crippen LogP contribution is -2.44. The molecule has 0 bridgehead atoms. The molecule has 1 aliphatic rings. The number of para-hydroxylation sites is 1. The fraction of sp³-hybridized carbons (Fsp3) is 0.480. The van der Waals surface area contributed by atoms with Crippen molar-refractivity contribution in [3.05, 3.63) is 46.6 Å². The first-order valence-electron chi connectivity index (χ1n) is 13.2. The SMILES string of the molecule is CC(=O)CCc1ccccc1OP(=O)(N[C@@H](C)C(C)=O)OCC1O[C@@H](n2cnc3c(N=[N+]=[N-])nc(N)nc32)[C@](C)(O)[C@@H]1O. The fourth-order valence-corrected chi connectivity index (χ4v) is 6.03. The standard InChI is InChI=1S/C25H32N9O8P/c1-13(35)9-10-16-7-5-6-8-17(16)42-43(39,32-14(2)15(3)36)40-11-18-20(37)25(4,38)23(41-18)34-12-28-19-21(31-33-27)29-24(26)30-22(19)34/h5-8,12,14,18,20,23,37-38H,9-11H2,1-4H3,(H,32,39)(H2,26,29,30)/t14-,18?,20+,23+,25+,43?/m0/s1. The smallest absolute Gasteiger partial charge is 0.413 e. The Kier molecular flexibility index (Phi) is 9.47. The molecular formula is C25H32N9O8P. The highest BCUT2D eigenvalue weighted by atomic mass is 31.2. The normalized spacial score (nSPS) is 23.8. The van der Waals surface area contributed by atoms with Crippen molar-refractivity contribution in [2.45, 2.75) is 70.6 Å². The molecule has 0 spiro atoms. The minimum atomic E-state index is -4.32. The number of benzene rings is 1. The minimum Gasteiger partial charge on any atom is -0.413 e. The summed E-state index contributed by atoms with van der Waals surface area (Å²) in [5, 5.41) is 28.3. The van der Waals surface area contributed by atoms with Crippen molar-refractivity contribution in [3.8, 4) is 5.75 Å². The van der Waals surface area contributed by atoms with Gasteiger partial charge in [0.05, 0.1) is 19.0 Å². The van der Waals surface area contributed by atoms with Crippen LogP contribution in [0.1, 0.15) is 45.9 Å². The number of fused-ring (bicyclic) bond motifs is 1. The Morgan fingerprint density at radius 3 is 2.74 bits per heavy atom. The number of Topliss-reactive ketones (excluding diaryl/α,β-unsaturated/α-hetero) is 2. The molecule has 0 aliphatic carbocycles. The summed E-state index contributed by atoms with van der Waals surface area (Å²) in [5.41, 5.74) is 13.4. The Bertz CT molecular complexity index is 1620. The lowest BCUT2D eigenvalue weighted by molar-refractivity contribution is -0.118.